The van der Waals surface area contributed by atoms with Crippen molar-refractivity contribution in [2.75, 3.05) is 14.2 Å². The summed E-state index contributed by atoms with van der Waals surface area (Å²) in [5.41, 5.74) is 0. The minimum atomic E-state index is -2.02. The second kappa shape index (κ2) is 3.20. The second-order valence-corrected chi connectivity index (χ2v) is 6.30. The smallest absolute Gasteiger partial charge is 0.337 e. The van der Waals surface area contributed by atoms with Crippen LogP contribution in [0.1, 0.15) is 0 Å². The molecule has 0 aromatic rings. The minimum absolute atomic E-state index is 0.0634. The first-order valence-electron chi connectivity index (χ1n) is 3.55. The summed E-state index contributed by atoms with van der Waals surface area (Å²) >= 11 is 0. The van der Waals surface area contributed by atoms with E-state index in [1.165, 1.54) is 0 Å². The predicted octanol–water partition coefficient (Wildman–Crippen LogP) is 0.0684. The van der Waals surface area contributed by atoms with Gasteiger partial charge >= 0.3 is 8.56 Å². The molecule has 1 aliphatic heterocycles. The minimum Gasteiger partial charge on any atom is -0.398 e. The highest BCUT2D eigenvalue weighted by molar-refractivity contribution is 6.66. The molecule has 0 amide bonds. The largest absolute Gasteiger partial charge is 0.398 e. The van der Waals surface area contributed by atoms with Crippen molar-refractivity contribution in [2.45, 2.75) is 25.0 Å². The van der Waals surface area contributed by atoms with E-state index in [0.29, 0.717) is 6.04 Å². The highest BCUT2D eigenvalue weighted by atomic mass is 28.4. The van der Waals surface area contributed by atoms with Crippen molar-refractivity contribution in [1.82, 2.24) is 0 Å². The van der Waals surface area contributed by atoms with Gasteiger partial charge in [-0.25, -0.2) is 0 Å². The van der Waals surface area contributed by atoms with Crippen molar-refractivity contribution in [2.24, 2.45) is 0 Å². The Morgan fingerprint density at radius 1 is 1.45 bits per heavy atom. The maximum absolute atomic E-state index is 8.87. The molecule has 1 fully saturated rings. The third kappa shape index (κ3) is 2.24. The molecule has 1 saturated heterocycles. The first-order valence-corrected chi connectivity index (χ1v) is 6.07. The summed E-state index contributed by atoms with van der Waals surface area (Å²) in [5.74, 6) is 0. The van der Waals surface area contributed by atoms with Crippen LogP contribution in [0.15, 0.2) is 0 Å². The van der Waals surface area contributed by atoms with E-state index in [4.69, 9.17) is 18.7 Å². The van der Waals surface area contributed by atoms with Crippen LogP contribution >= 0.6 is 0 Å². The van der Waals surface area contributed by atoms with Gasteiger partial charge in [-0.05, 0) is 6.55 Å². The Morgan fingerprint density at radius 2 is 1.91 bits per heavy atom. The Hall–Kier alpha value is 0.0569. The van der Waals surface area contributed by atoms with Crippen LogP contribution in [0.25, 0.3) is 0 Å². The Morgan fingerprint density at radius 3 is 2.18 bits per heavy atom. The van der Waals surface area contributed by atoms with Gasteiger partial charge in [-0.15, -0.1) is 0 Å². The van der Waals surface area contributed by atoms with Crippen molar-refractivity contribution < 1.29 is 18.7 Å². The van der Waals surface area contributed by atoms with Crippen molar-refractivity contribution >= 4 is 8.56 Å². The SMILES string of the molecule is CO[Si](C)(CC1OC1O)OC. The Labute approximate surface area is 67.3 Å². The molecule has 4 nitrogen and oxygen atoms in total. The lowest BCUT2D eigenvalue weighted by atomic mass is 10.5. The number of epoxide rings is 1. The van der Waals surface area contributed by atoms with E-state index in [2.05, 4.69) is 0 Å². The van der Waals surface area contributed by atoms with Crippen molar-refractivity contribution in [1.29, 1.82) is 0 Å². The van der Waals surface area contributed by atoms with Gasteiger partial charge in [0.2, 0.25) is 0 Å². The zero-order valence-corrected chi connectivity index (χ0v) is 8.03. The van der Waals surface area contributed by atoms with Gasteiger partial charge in [-0.1, -0.05) is 0 Å². The third-order valence-electron chi connectivity index (χ3n) is 1.99. The fourth-order valence-electron chi connectivity index (χ4n) is 0.898. The molecule has 0 aromatic carbocycles. The molecule has 1 aliphatic rings. The highest BCUT2D eigenvalue weighted by Gasteiger charge is 2.45. The molecule has 1 heterocycles. The van der Waals surface area contributed by atoms with Gasteiger partial charge in [0.05, 0.1) is 0 Å². The van der Waals surface area contributed by atoms with Crippen LogP contribution in [-0.2, 0) is 13.6 Å². The number of aliphatic hydroxyl groups excluding tert-OH is 1. The molecule has 0 saturated carbocycles. The van der Waals surface area contributed by atoms with Crippen molar-refractivity contribution in [3.63, 3.8) is 0 Å². The summed E-state index contributed by atoms with van der Waals surface area (Å²) in [7, 11) is 1.23. The van der Waals surface area contributed by atoms with E-state index in [1.807, 2.05) is 6.55 Å². The first kappa shape index (κ1) is 9.15. The summed E-state index contributed by atoms with van der Waals surface area (Å²) in [5, 5.41) is 8.87. The van der Waals surface area contributed by atoms with Crippen molar-refractivity contribution in [3.05, 3.63) is 0 Å². The summed E-state index contributed by atoms with van der Waals surface area (Å²) in [6, 6.07) is 0.696. The number of hydrogen-bond acceptors (Lipinski definition) is 4. The van der Waals surface area contributed by atoms with Crippen molar-refractivity contribution in [3.8, 4) is 0 Å². The van der Waals surface area contributed by atoms with E-state index in [9.17, 15) is 0 Å². The van der Waals surface area contributed by atoms with Gasteiger partial charge in [0, 0.05) is 20.3 Å². The lowest BCUT2D eigenvalue weighted by molar-refractivity contribution is 0.156. The molecule has 2 atom stereocenters. The average molecular weight is 178 g/mol. The van der Waals surface area contributed by atoms with Crippen LogP contribution in [0.5, 0.6) is 0 Å². The van der Waals surface area contributed by atoms with Crippen LogP contribution in [0.3, 0.4) is 0 Å². The summed E-state index contributed by atoms with van der Waals surface area (Å²) in [6.07, 6.45) is -0.654. The predicted molar refractivity (Wildman–Crippen MR) is 41.3 cm³/mol. The molecule has 0 bridgehead atoms. The first-order chi connectivity index (χ1) is 5.11. The highest BCUT2D eigenvalue weighted by Crippen LogP contribution is 2.28. The van der Waals surface area contributed by atoms with E-state index in [0.717, 1.165) is 0 Å². The lowest BCUT2D eigenvalue weighted by Crippen LogP contribution is -2.37. The second-order valence-electron chi connectivity index (χ2n) is 2.81. The normalized spacial score (nSPS) is 30.5. The molecule has 5 heteroatoms. The topological polar surface area (TPSA) is 51.2 Å². The Bertz CT molecular complexity index is 137. The third-order valence-corrected chi connectivity index (χ3v) is 4.86. The van der Waals surface area contributed by atoms with Gasteiger partial charge in [-0.2, -0.15) is 0 Å². The van der Waals surface area contributed by atoms with Crippen LogP contribution < -0.4 is 0 Å². The lowest BCUT2D eigenvalue weighted by Gasteiger charge is -2.21. The molecule has 0 radical (unpaired) electrons. The summed E-state index contributed by atoms with van der Waals surface area (Å²) in [6.45, 7) is 1.95. The molecule has 0 aromatic heterocycles. The average Bonchev–Trinajstić information content (AvgIpc) is 2.66. The fourth-order valence-corrected chi connectivity index (χ4v) is 2.43. The van der Waals surface area contributed by atoms with Crippen LogP contribution in [0.4, 0.5) is 0 Å². The number of ether oxygens (including phenoxy) is 1. The van der Waals surface area contributed by atoms with Gasteiger partial charge < -0.3 is 18.7 Å². The molecule has 2 unspecified atom stereocenters. The van der Waals surface area contributed by atoms with Gasteiger partial charge in [0.1, 0.15) is 6.10 Å². The van der Waals surface area contributed by atoms with Crippen LogP contribution in [0, 0.1) is 0 Å². The van der Waals surface area contributed by atoms with E-state index < -0.39 is 14.9 Å². The van der Waals surface area contributed by atoms with Gasteiger partial charge in [-0.3, -0.25) is 0 Å². The standard InChI is InChI=1S/C6H14O4Si/c1-8-11(3,9-2)4-5-6(7)10-5/h5-7H,4H2,1-3H3. The summed E-state index contributed by atoms with van der Waals surface area (Å²) < 4.78 is 15.3. The molecular weight excluding hydrogens is 164 g/mol. The van der Waals surface area contributed by atoms with Gasteiger partial charge in [0.15, 0.2) is 6.29 Å². The molecule has 66 valence electrons. The maximum Gasteiger partial charge on any atom is 0.337 e. The molecular formula is C6H14O4Si. The maximum atomic E-state index is 8.87. The molecule has 0 aliphatic carbocycles. The molecule has 1 rings (SSSR count). The fraction of sp³-hybridized carbons (Fsp3) is 1.00. The molecule has 11 heavy (non-hydrogen) atoms. The van der Waals surface area contributed by atoms with E-state index in [1.54, 1.807) is 14.2 Å². The number of hydrogen-bond donors (Lipinski definition) is 1. The van der Waals surface area contributed by atoms with Crippen LogP contribution in [-0.4, -0.2) is 40.3 Å². The van der Waals surface area contributed by atoms with E-state index >= 15 is 0 Å². The monoisotopic (exact) mass is 178 g/mol. The zero-order chi connectivity index (χ0) is 8.48. The van der Waals surface area contributed by atoms with Crippen LogP contribution in [0.2, 0.25) is 12.6 Å². The zero-order valence-electron chi connectivity index (χ0n) is 7.03. The molecule has 0 spiro atoms. The van der Waals surface area contributed by atoms with Gasteiger partial charge in [0.25, 0.3) is 0 Å². The molecule has 1 N–H and O–H groups in total. The Balaban J connectivity index is 2.32. The number of rotatable bonds is 4. The number of aliphatic hydroxyl groups is 1. The quantitative estimate of drug-likeness (QED) is 0.489. The summed E-state index contributed by atoms with van der Waals surface area (Å²) in [4.78, 5) is 0. The van der Waals surface area contributed by atoms with E-state index in [-0.39, 0.29) is 6.10 Å². The Kier molecular flexibility index (Phi) is 2.66.